The summed E-state index contributed by atoms with van der Waals surface area (Å²) in [4.78, 5) is 48.4. The van der Waals surface area contributed by atoms with Crippen LogP contribution in [-0.4, -0.2) is 110 Å². The van der Waals surface area contributed by atoms with E-state index in [0.29, 0.717) is 34.5 Å². The van der Waals surface area contributed by atoms with E-state index in [2.05, 4.69) is 35.4 Å². The van der Waals surface area contributed by atoms with Crippen molar-refractivity contribution in [3.8, 4) is 0 Å². The van der Waals surface area contributed by atoms with Crippen molar-refractivity contribution in [2.75, 3.05) is 35.4 Å². The molecule has 2 amide bonds. The summed E-state index contributed by atoms with van der Waals surface area (Å²) in [5.74, 6) is -0.934. The van der Waals surface area contributed by atoms with Gasteiger partial charge in [0.1, 0.15) is 29.6 Å². The average molecular weight is 629 g/mol. The number of aromatic nitrogens is 6. The Balaban J connectivity index is 1.42. The van der Waals surface area contributed by atoms with Crippen LogP contribution in [0.4, 0.5) is 5.13 Å². The molecular weight excluding hydrogens is 605 g/mol. The van der Waals surface area contributed by atoms with Crippen LogP contribution < -0.4 is 16.8 Å². The molecule has 0 aliphatic carbocycles. The van der Waals surface area contributed by atoms with Crippen molar-refractivity contribution in [1.29, 1.82) is 5.41 Å². The summed E-state index contributed by atoms with van der Waals surface area (Å²) in [5.41, 5.74) is 11.1. The summed E-state index contributed by atoms with van der Waals surface area (Å²) in [6, 6.07) is -0.983. The van der Waals surface area contributed by atoms with Gasteiger partial charge < -0.3 is 26.7 Å². The van der Waals surface area contributed by atoms with Gasteiger partial charge in [0.05, 0.1) is 12.3 Å². The van der Waals surface area contributed by atoms with Crippen molar-refractivity contribution in [2.45, 2.75) is 30.0 Å². The second-order valence-electron chi connectivity index (χ2n) is 7.98. The number of nitrogen functional groups attached to an aromatic ring is 1. The molecule has 0 unspecified atom stereocenters. The fraction of sp³-hybridized carbons (Fsp3) is 0.474. The molecular formula is C19H24N12O5S4. The van der Waals surface area contributed by atoms with Crippen LogP contribution in [0.1, 0.15) is 12.7 Å². The number of anilines is 1. The number of nitrogens with zero attached hydrogens (tertiary/aromatic N) is 8. The third-order valence-electron chi connectivity index (χ3n) is 5.27. The Hall–Kier alpha value is -3.43. The largest absolute Gasteiger partial charge is 0.477 e. The minimum absolute atomic E-state index is 0.0430. The van der Waals surface area contributed by atoms with Crippen molar-refractivity contribution in [3.63, 3.8) is 0 Å². The van der Waals surface area contributed by atoms with Gasteiger partial charge in [0, 0.05) is 28.8 Å². The highest BCUT2D eigenvalue weighted by molar-refractivity contribution is 8.01. The van der Waals surface area contributed by atoms with E-state index in [-0.39, 0.29) is 40.6 Å². The first-order valence-corrected chi connectivity index (χ1v) is 15.5. The Labute approximate surface area is 243 Å². The smallest absolute Gasteiger partial charge is 0.352 e. The van der Waals surface area contributed by atoms with Crippen molar-refractivity contribution in [3.05, 3.63) is 17.1 Å². The lowest BCUT2D eigenvalue weighted by Crippen LogP contribution is -2.71. The summed E-state index contributed by atoms with van der Waals surface area (Å²) >= 11 is 4.93. The Morgan fingerprint density at radius 2 is 2.20 bits per heavy atom. The second kappa shape index (κ2) is 13.3. The van der Waals surface area contributed by atoms with Gasteiger partial charge in [0.15, 0.2) is 5.13 Å². The van der Waals surface area contributed by atoms with E-state index in [1.807, 2.05) is 0 Å². The molecule has 1 fully saturated rings. The van der Waals surface area contributed by atoms with Crippen molar-refractivity contribution in [1.82, 2.24) is 39.8 Å². The zero-order valence-corrected chi connectivity index (χ0v) is 24.1. The topological polar surface area (TPSA) is 254 Å². The lowest BCUT2D eigenvalue weighted by atomic mass is 10.0. The van der Waals surface area contributed by atoms with Gasteiger partial charge in [-0.2, -0.15) is 21.1 Å². The standard InChI is InChI=1S/C19H24N12O5S4/c1-2-36-26-10(13-24-18(22)40-27-13)14(32)23-11-15(33)31-12(17(34)35)8(5-38-16(11)31)6-39-19-25-28-29-30(19)3-4-37-7-9(20)21/h11,16H,2-7H2,1H3,(H3,20,21)(H,23,32)(H,34,35)(H2,22,24,27)/b26-10-/t11-,16+/m1/s1. The molecule has 4 rings (SSSR count). The maximum absolute atomic E-state index is 13.1. The number of rotatable bonds is 14. The van der Waals surface area contributed by atoms with Gasteiger partial charge in [-0.25, -0.2) is 9.48 Å². The molecule has 0 spiro atoms. The summed E-state index contributed by atoms with van der Waals surface area (Å²) < 4.78 is 5.57. The summed E-state index contributed by atoms with van der Waals surface area (Å²) in [6.07, 6.45) is 0. The van der Waals surface area contributed by atoms with E-state index in [0.717, 1.165) is 11.5 Å². The van der Waals surface area contributed by atoms with Crippen LogP contribution in [0.15, 0.2) is 21.6 Å². The SMILES string of the molecule is CCO/N=C(\C(=O)N[C@@H]1C(=O)N2C(C(=O)O)=C(CSc3nnnn3CCSCC(=N)N)CS[C@@H]12)c1nsc(N)n1. The molecule has 40 heavy (non-hydrogen) atoms. The molecule has 4 heterocycles. The number of tetrazole rings is 1. The van der Waals surface area contributed by atoms with Crippen LogP contribution in [0.5, 0.6) is 0 Å². The minimum atomic E-state index is -1.25. The number of thioether (sulfide) groups is 3. The molecule has 1 saturated heterocycles. The Morgan fingerprint density at radius 3 is 2.88 bits per heavy atom. The predicted octanol–water partition coefficient (Wildman–Crippen LogP) is -0.953. The highest BCUT2D eigenvalue weighted by atomic mass is 32.2. The quantitative estimate of drug-likeness (QED) is 0.0422. The van der Waals surface area contributed by atoms with Gasteiger partial charge in [-0.15, -0.1) is 16.9 Å². The number of carbonyl (C=O) groups is 3. The molecule has 17 nitrogen and oxygen atoms in total. The van der Waals surface area contributed by atoms with Gasteiger partial charge >= 0.3 is 5.97 Å². The van der Waals surface area contributed by atoms with E-state index in [1.54, 1.807) is 11.6 Å². The Morgan fingerprint density at radius 1 is 1.40 bits per heavy atom. The monoisotopic (exact) mass is 628 g/mol. The third-order valence-corrected chi connectivity index (χ3v) is 9.18. The molecule has 7 N–H and O–H groups in total. The Bertz CT molecular complexity index is 1360. The van der Waals surface area contributed by atoms with E-state index in [1.165, 1.54) is 40.2 Å². The van der Waals surface area contributed by atoms with Crippen LogP contribution in [0.25, 0.3) is 0 Å². The number of carboxylic acid groups (broad SMARTS) is 1. The van der Waals surface area contributed by atoms with E-state index in [9.17, 15) is 19.5 Å². The molecule has 2 aliphatic heterocycles. The molecule has 0 aromatic carbocycles. The number of fused-ring (bicyclic) bond motifs is 1. The van der Waals surface area contributed by atoms with Crippen LogP contribution in [0.2, 0.25) is 0 Å². The van der Waals surface area contributed by atoms with Crippen molar-refractivity contribution >= 4 is 81.3 Å². The molecule has 2 aliphatic rings. The van der Waals surface area contributed by atoms with Crippen LogP contribution in [0.3, 0.4) is 0 Å². The number of oxime groups is 1. The second-order valence-corrected chi connectivity index (χ2v) is 11.9. The maximum atomic E-state index is 13.1. The number of amides is 2. The summed E-state index contributed by atoms with van der Waals surface area (Å²) in [6.45, 7) is 2.35. The highest BCUT2D eigenvalue weighted by Gasteiger charge is 2.54. The number of carbonyl (C=O) groups excluding carboxylic acids is 2. The first kappa shape index (κ1) is 29.6. The number of aryl methyl sites for hydroxylation is 1. The molecule has 0 bridgehead atoms. The molecule has 21 heteroatoms. The number of nitrogens with one attached hydrogen (secondary N) is 2. The third kappa shape index (κ3) is 6.64. The zero-order valence-electron chi connectivity index (χ0n) is 20.8. The summed E-state index contributed by atoms with van der Waals surface area (Å²) in [5, 5.41) is 35.2. The summed E-state index contributed by atoms with van der Waals surface area (Å²) in [7, 11) is 0. The van der Waals surface area contributed by atoms with Gasteiger partial charge in [0.2, 0.25) is 16.7 Å². The molecule has 2 aromatic rings. The number of amidine groups is 1. The predicted molar refractivity (Wildman–Crippen MR) is 150 cm³/mol. The zero-order chi connectivity index (χ0) is 28.8. The van der Waals surface area contributed by atoms with E-state index < -0.39 is 29.2 Å². The Kier molecular flexibility index (Phi) is 9.81. The van der Waals surface area contributed by atoms with E-state index >= 15 is 0 Å². The number of nitrogens with two attached hydrogens (primary N) is 2. The average Bonchev–Trinajstić information content (AvgIpc) is 3.56. The van der Waals surface area contributed by atoms with Gasteiger partial charge in [-0.05, 0) is 22.9 Å². The van der Waals surface area contributed by atoms with Crippen molar-refractivity contribution < 1.29 is 24.3 Å². The van der Waals surface area contributed by atoms with Crippen LogP contribution in [0, 0.1) is 5.41 Å². The van der Waals surface area contributed by atoms with Crippen LogP contribution >= 0.6 is 46.8 Å². The number of carboxylic acids is 1. The van der Waals surface area contributed by atoms with E-state index in [4.69, 9.17) is 21.7 Å². The normalized spacial score (nSPS) is 18.8. The van der Waals surface area contributed by atoms with Gasteiger partial charge in [-0.1, -0.05) is 16.9 Å². The molecule has 2 aromatic heterocycles. The maximum Gasteiger partial charge on any atom is 0.352 e. The first-order valence-electron chi connectivity index (χ1n) is 11.5. The van der Waals surface area contributed by atoms with Gasteiger partial charge in [-0.3, -0.25) is 19.9 Å². The van der Waals surface area contributed by atoms with Crippen molar-refractivity contribution in [2.24, 2.45) is 10.9 Å². The number of β-lactam (4-membered cyclic amide) rings is 1. The number of aliphatic carboxylic acids is 1. The minimum Gasteiger partial charge on any atom is -0.477 e. The fourth-order valence-electron chi connectivity index (χ4n) is 3.57. The lowest BCUT2D eigenvalue weighted by molar-refractivity contribution is -0.150. The van der Waals surface area contributed by atoms with Gasteiger partial charge in [0.25, 0.3) is 11.8 Å². The lowest BCUT2D eigenvalue weighted by Gasteiger charge is -2.49. The molecule has 214 valence electrons. The molecule has 2 atom stereocenters. The molecule has 0 radical (unpaired) electrons. The highest BCUT2D eigenvalue weighted by Crippen LogP contribution is 2.41. The van der Waals surface area contributed by atoms with Crippen LogP contribution in [-0.2, 0) is 25.8 Å². The number of hydrogen-bond acceptors (Lipinski definition) is 16. The molecule has 0 saturated carbocycles. The number of hydrogen-bond donors (Lipinski definition) is 5. The fourth-order valence-corrected chi connectivity index (χ4v) is 7.06. The first-order chi connectivity index (χ1) is 19.2.